The molecule has 158 valence electrons. The van der Waals surface area contributed by atoms with Gasteiger partial charge in [-0.15, -0.1) is 11.3 Å². The van der Waals surface area contributed by atoms with Crippen molar-refractivity contribution in [2.45, 2.75) is 19.1 Å². The van der Waals surface area contributed by atoms with Gasteiger partial charge in [0.15, 0.2) is 10.8 Å². The van der Waals surface area contributed by atoms with E-state index in [1.165, 1.54) is 23.5 Å². The Kier molecular flexibility index (Phi) is 6.37. The molecule has 0 spiro atoms. The molecule has 4 aromatic rings. The number of nitrogens with one attached hydrogen (secondary N) is 1. The summed E-state index contributed by atoms with van der Waals surface area (Å²) in [4.78, 5) is 17.2. The number of furan rings is 1. The number of hydrogen-bond acceptors (Lipinski definition) is 5. The van der Waals surface area contributed by atoms with Crippen molar-refractivity contribution in [3.63, 3.8) is 0 Å². The molecule has 0 aliphatic heterocycles. The fourth-order valence-corrected chi connectivity index (χ4v) is 3.91. The first-order valence-corrected chi connectivity index (χ1v) is 10.3. The second-order valence-electron chi connectivity index (χ2n) is 6.66. The molecule has 1 unspecified atom stereocenters. The zero-order valence-electron chi connectivity index (χ0n) is 16.2. The third-order valence-electron chi connectivity index (χ3n) is 4.50. The maximum atomic E-state index is 12.8. The number of nitrogens with zero attached hydrogens (tertiary/aromatic N) is 1. The van der Waals surface area contributed by atoms with Gasteiger partial charge in [0.2, 0.25) is 5.91 Å². The lowest BCUT2D eigenvalue weighted by Crippen LogP contribution is -2.30. The van der Waals surface area contributed by atoms with Crippen LogP contribution in [0.15, 0.2) is 82.8 Å². The molecule has 2 heterocycles. The van der Waals surface area contributed by atoms with Crippen LogP contribution in [0.25, 0.3) is 10.8 Å². The van der Waals surface area contributed by atoms with Crippen LogP contribution in [0.3, 0.4) is 0 Å². The Labute approximate surface area is 181 Å². The smallest absolute Gasteiger partial charge is 0.387 e. The van der Waals surface area contributed by atoms with Gasteiger partial charge in [-0.3, -0.25) is 4.79 Å². The van der Waals surface area contributed by atoms with Crippen LogP contribution < -0.4 is 10.1 Å². The van der Waals surface area contributed by atoms with Crippen LogP contribution in [-0.2, 0) is 11.2 Å². The third-order valence-corrected chi connectivity index (χ3v) is 5.41. The van der Waals surface area contributed by atoms with Gasteiger partial charge >= 0.3 is 6.61 Å². The molecule has 1 atom stereocenters. The van der Waals surface area contributed by atoms with E-state index in [1.54, 1.807) is 24.5 Å². The summed E-state index contributed by atoms with van der Waals surface area (Å²) in [5.41, 5.74) is 2.25. The highest BCUT2D eigenvalue weighted by Crippen LogP contribution is 2.26. The quantitative estimate of drug-likeness (QED) is 0.396. The molecule has 1 amide bonds. The SMILES string of the molecule is O=C(Cc1csc(-c2ccco2)n1)NC(c1ccccc1)c1ccc(OC(F)F)cc1. The van der Waals surface area contributed by atoms with Gasteiger partial charge in [0.25, 0.3) is 0 Å². The monoisotopic (exact) mass is 440 g/mol. The molecule has 0 aliphatic carbocycles. The molecular formula is C23H18F2N2O3S. The van der Waals surface area contributed by atoms with Crippen LogP contribution in [0.5, 0.6) is 5.75 Å². The number of ether oxygens (including phenoxy) is 1. The highest BCUT2D eigenvalue weighted by Gasteiger charge is 2.19. The normalized spacial score (nSPS) is 12.0. The first-order valence-electron chi connectivity index (χ1n) is 9.46. The van der Waals surface area contributed by atoms with Gasteiger partial charge in [-0.05, 0) is 35.4 Å². The molecule has 0 aliphatic rings. The second-order valence-corrected chi connectivity index (χ2v) is 7.51. The summed E-state index contributed by atoms with van der Waals surface area (Å²) in [6.07, 6.45) is 1.68. The summed E-state index contributed by atoms with van der Waals surface area (Å²) in [7, 11) is 0. The van der Waals surface area contributed by atoms with E-state index in [0.29, 0.717) is 16.5 Å². The van der Waals surface area contributed by atoms with E-state index in [2.05, 4.69) is 15.0 Å². The lowest BCUT2D eigenvalue weighted by atomic mass is 9.98. The Morgan fingerprint density at radius 1 is 1.03 bits per heavy atom. The lowest BCUT2D eigenvalue weighted by molar-refractivity contribution is -0.121. The number of halogens is 2. The number of hydrogen-bond donors (Lipinski definition) is 1. The van der Waals surface area contributed by atoms with Crippen molar-refractivity contribution in [2.24, 2.45) is 0 Å². The standard InChI is InChI=1S/C23H18F2N2O3S/c24-23(25)30-18-10-8-16(9-11-18)21(15-5-2-1-3-6-15)27-20(28)13-17-14-31-22(26-17)19-7-4-12-29-19/h1-12,14,21,23H,13H2,(H,27,28). The van der Waals surface area contributed by atoms with E-state index < -0.39 is 12.7 Å². The minimum absolute atomic E-state index is 0.0600. The van der Waals surface area contributed by atoms with Crippen molar-refractivity contribution in [3.8, 4) is 16.5 Å². The number of amides is 1. The Bertz CT molecular complexity index is 1110. The first kappa shape index (κ1) is 20.7. The molecule has 0 saturated heterocycles. The second kappa shape index (κ2) is 9.53. The van der Waals surface area contributed by atoms with Crippen LogP contribution >= 0.6 is 11.3 Å². The zero-order valence-corrected chi connectivity index (χ0v) is 17.0. The molecular weight excluding hydrogens is 422 g/mol. The van der Waals surface area contributed by atoms with Gasteiger partial charge < -0.3 is 14.5 Å². The Hall–Kier alpha value is -3.52. The fraction of sp³-hybridized carbons (Fsp3) is 0.130. The maximum Gasteiger partial charge on any atom is 0.387 e. The Morgan fingerprint density at radius 3 is 2.45 bits per heavy atom. The van der Waals surface area contributed by atoms with Crippen LogP contribution in [0.4, 0.5) is 8.78 Å². The molecule has 5 nitrogen and oxygen atoms in total. The van der Waals surface area contributed by atoms with Gasteiger partial charge in [0.05, 0.1) is 24.4 Å². The van der Waals surface area contributed by atoms with Crippen molar-refractivity contribution in [2.75, 3.05) is 0 Å². The summed E-state index contributed by atoms with van der Waals surface area (Å²) in [5, 5.41) is 5.55. The van der Waals surface area contributed by atoms with Gasteiger partial charge in [-0.25, -0.2) is 4.98 Å². The first-order chi connectivity index (χ1) is 15.1. The number of rotatable bonds is 8. The van der Waals surface area contributed by atoms with E-state index in [0.717, 1.165) is 11.1 Å². The largest absolute Gasteiger partial charge is 0.462 e. The van der Waals surface area contributed by atoms with Crippen molar-refractivity contribution in [3.05, 3.63) is 95.2 Å². The van der Waals surface area contributed by atoms with E-state index in [9.17, 15) is 13.6 Å². The van der Waals surface area contributed by atoms with Gasteiger partial charge in [-0.1, -0.05) is 42.5 Å². The van der Waals surface area contributed by atoms with E-state index in [-0.39, 0.29) is 18.1 Å². The van der Waals surface area contributed by atoms with E-state index in [1.807, 2.05) is 41.8 Å². The number of carbonyl (C=O) groups is 1. The Balaban J connectivity index is 1.50. The molecule has 0 fully saturated rings. The molecule has 2 aromatic heterocycles. The number of benzene rings is 2. The van der Waals surface area contributed by atoms with Crippen molar-refractivity contribution in [1.29, 1.82) is 0 Å². The zero-order chi connectivity index (χ0) is 21.6. The molecule has 8 heteroatoms. The number of carbonyl (C=O) groups excluding carboxylic acids is 1. The van der Waals surface area contributed by atoms with Crippen LogP contribution in [0.1, 0.15) is 22.9 Å². The maximum absolute atomic E-state index is 12.8. The molecule has 0 radical (unpaired) electrons. The molecule has 4 rings (SSSR count). The van der Waals surface area contributed by atoms with Crippen molar-refractivity contribution >= 4 is 17.2 Å². The van der Waals surface area contributed by atoms with Crippen LogP contribution in [0, 0.1) is 0 Å². The molecule has 0 bridgehead atoms. The predicted octanol–water partition coefficient (Wildman–Crippen LogP) is 5.45. The summed E-state index contributed by atoms with van der Waals surface area (Å²) < 4.78 is 34.6. The summed E-state index contributed by atoms with van der Waals surface area (Å²) in [6.45, 7) is -2.89. The molecule has 0 saturated carbocycles. The minimum Gasteiger partial charge on any atom is -0.462 e. The lowest BCUT2D eigenvalue weighted by Gasteiger charge is -2.20. The van der Waals surface area contributed by atoms with Crippen LogP contribution in [0.2, 0.25) is 0 Å². The van der Waals surface area contributed by atoms with E-state index in [4.69, 9.17) is 4.42 Å². The topological polar surface area (TPSA) is 64.4 Å². The highest BCUT2D eigenvalue weighted by molar-refractivity contribution is 7.13. The summed E-state index contributed by atoms with van der Waals surface area (Å²) in [6, 6.07) is 18.8. The number of aromatic nitrogens is 1. The average molecular weight is 440 g/mol. The van der Waals surface area contributed by atoms with Crippen molar-refractivity contribution < 1.29 is 22.7 Å². The summed E-state index contributed by atoms with van der Waals surface area (Å²) >= 11 is 1.41. The van der Waals surface area contributed by atoms with Gasteiger partial charge in [0.1, 0.15) is 5.75 Å². The summed E-state index contributed by atoms with van der Waals surface area (Å²) in [5.74, 6) is 0.507. The fourth-order valence-electron chi connectivity index (χ4n) is 3.12. The van der Waals surface area contributed by atoms with Crippen molar-refractivity contribution in [1.82, 2.24) is 10.3 Å². The number of thiazole rings is 1. The van der Waals surface area contributed by atoms with Gasteiger partial charge in [-0.2, -0.15) is 8.78 Å². The van der Waals surface area contributed by atoms with Crippen LogP contribution in [-0.4, -0.2) is 17.5 Å². The molecule has 31 heavy (non-hydrogen) atoms. The van der Waals surface area contributed by atoms with E-state index >= 15 is 0 Å². The average Bonchev–Trinajstić information content (AvgIpc) is 3.45. The third kappa shape index (κ3) is 5.35. The molecule has 1 N–H and O–H groups in total. The van der Waals surface area contributed by atoms with Gasteiger partial charge in [0, 0.05) is 5.38 Å². The Morgan fingerprint density at radius 2 is 1.77 bits per heavy atom. The number of alkyl halides is 2. The highest BCUT2D eigenvalue weighted by atomic mass is 32.1. The minimum atomic E-state index is -2.89. The molecule has 2 aromatic carbocycles. The predicted molar refractivity (Wildman–Crippen MR) is 113 cm³/mol.